The first kappa shape index (κ1) is 12.3. The number of carbonyl (C=O) groups is 1. The van der Waals surface area contributed by atoms with E-state index in [0.717, 1.165) is 13.0 Å². The van der Waals surface area contributed by atoms with Crippen molar-refractivity contribution in [1.82, 2.24) is 10.6 Å². The minimum absolute atomic E-state index is 0.0761. The standard InChI is InChI=1S/C10H22N2O/c1-6-8(2)7-11-9(13)12-10(3,4)5/h8H,6-7H2,1-5H3,(H2,11,12,13). The Labute approximate surface area is 81.3 Å². The van der Waals surface area contributed by atoms with Gasteiger partial charge in [-0.25, -0.2) is 4.79 Å². The Balaban J connectivity index is 3.64. The monoisotopic (exact) mass is 186 g/mol. The van der Waals surface area contributed by atoms with Gasteiger partial charge in [0.05, 0.1) is 0 Å². The molecule has 3 nitrogen and oxygen atoms in total. The van der Waals surface area contributed by atoms with Crippen molar-refractivity contribution in [3.63, 3.8) is 0 Å². The molecular formula is C10H22N2O. The lowest BCUT2D eigenvalue weighted by atomic mass is 10.1. The summed E-state index contributed by atoms with van der Waals surface area (Å²) in [5.74, 6) is 0.547. The molecule has 0 spiro atoms. The van der Waals surface area contributed by atoms with Crippen LogP contribution >= 0.6 is 0 Å². The third-order valence-corrected chi connectivity index (χ3v) is 1.80. The normalized spacial score (nSPS) is 13.6. The van der Waals surface area contributed by atoms with Crippen molar-refractivity contribution in [3.8, 4) is 0 Å². The van der Waals surface area contributed by atoms with Crippen molar-refractivity contribution in [3.05, 3.63) is 0 Å². The van der Waals surface area contributed by atoms with E-state index < -0.39 is 0 Å². The van der Waals surface area contributed by atoms with Crippen LogP contribution in [0.25, 0.3) is 0 Å². The summed E-state index contributed by atoms with van der Waals surface area (Å²) in [5, 5.41) is 5.69. The lowest BCUT2D eigenvalue weighted by molar-refractivity contribution is 0.230. The summed E-state index contributed by atoms with van der Waals surface area (Å²) in [6.45, 7) is 10.9. The van der Waals surface area contributed by atoms with Gasteiger partial charge in [0.1, 0.15) is 0 Å². The van der Waals surface area contributed by atoms with Crippen molar-refractivity contribution >= 4 is 6.03 Å². The van der Waals surface area contributed by atoms with Crippen LogP contribution in [0.15, 0.2) is 0 Å². The molecule has 0 aromatic carbocycles. The molecular weight excluding hydrogens is 164 g/mol. The van der Waals surface area contributed by atoms with Gasteiger partial charge in [-0.15, -0.1) is 0 Å². The molecule has 0 aromatic heterocycles. The van der Waals surface area contributed by atoms with E-state index in [9.17, 15) is 4.79 Å². The lowest BCUT2D eigenvalue weighted by Gasteiger charge is -2.21. The highest BCUT2D eigenvalue weighted by atomic mass is 16.2. The molecule has 0 fully saturated rings. The van der Waals surface area contributed by atoms with E-state index >= 15 is 0 Å². The van der Waals surface area contributed by atoms with Crippen LogP contribution in [0.2, 0.25) is 0 Å². The van der Waals surface area contributed by atoms with Crippen molar-refractivity contribution < 1.29 is 4.79 Å². The van der Waals surface area contributed by atoms with Crippen molar-refractivity contribution in [2.24, 2.45) is 5.92 Å². The van der Waals surface area contributed by atoms with Gasteiger partial charge >= 0.3 is 6.03 Å². The number of rotatable bonds is 3. The Morgan fingerprint density at radius 3 is 2.31 bits per heavy atom. The van der Waals surface area contributed by atoms with Gasteiger partial charge in [0.2, 0.25) is 0 Å². The predicted octanol–water partition coefficient (Wildman–Crippen LogP) is 2.13. The molecule has 0 heterocycles. The largest absolute Gasteiger partial charge is 0.338 e. The van der Waals surface area contributed by atoms with Crippen LogP contribution in [0.1, 0.15) is 41.0 Å². The van der Waals surface area contributed by atoms with E-state index in [2.05, 4.69) is 24.5 Å². The second-order valence-corrected chi connectivity index (χ2v) is 4.60. The Morgan fingerprint density at radius 2 is 1.92 bits per heavy atom. The maximum absolute atomic E-state index is 11.3. The number of carbonyl (C=O) groups excluding carboxylic acids is 1. The predicted molar refractivity (Wildman–Crippen MR) is 55.7 cm³/mol. The topological polar surface area (TPSA) is 41.1 Å². The molecule has 0 rings (SSSR count). The summed E-state index contributed by atoms with van der Waals surface area (Å²) in [7, 11) is 0. The average Bonchev–Trinajstić information content (AvgIpc) is 1.97. The molecule has 0 radical (unpaired) electrons. The Hall–Kier alpha value is -0.730. The van der Waals surface area contributed by atoms with Gasteiger partial charge in [0.25, 0.3) is 0 Å². The first-order valence-electron chi connectivity index (χ1n) is 4.91. The number of hydrogen-bond donors (Lipinski definition) is 2. The van der Waals surface area contributed by atoms with Gasteiger partial charge in [0, 0.05) is 12.1 Å². The molecule has 0 bridgehead atoms. The molecule has 0 aliphatic heterocycles. The minimum Gasteiger partial charge on any atom is -0.338 e. The smallest absolute Gasteiger partial charge is 0.315 e. The summed E-state index contributed by atoms with van der Waals surface area (Å²) < 4.78 is 0. The zero-order valence-corrected chi connectivity index (χ0v) is 9.40. The number of hydrogen-bond acceptors (Lipinski definition) is 1. The summed E-state index contributed by atoms with van der Waals surface area (Å²) >= 11 is 0. The van der Waals surface area contributed by atoms with Gasteiger partial charge in [-0.3, -0.25) is 0 Å². The molecule has 1 atom stereocenters. The third-order valence-electron chi connectivity index (χ3n) is 1.80. The molecule has 13 heavy (non-hydrogen) atoms. The summed E-state index contributed by atoms with van der Waals surface area (Å²) in [5.41, 5.74) is -0.153. The Bertz CT molecular complexity index is 161. The summed E-state index contributed by atoms with van der Waals surface area (Å²) in [4.78, 5) is 11.3. The second kappa shape index (κ2) is 5.10. The van der Waals surface area contributed by atoms with Crippen LogP contribution in [-0.2, 0) is 0 Å². The fourth-order valence-corrected chi connectivity index (χ4v) is 0.796. The minimum atomic E-state index is -0.153. The Kier molecular flexibility index (Phi) is 4.81. The van der Waals surface area contributed by atoms with Crippen LogP contribution in [0.3, 0.4) is 0 Å². The quantitative estimate of drug-likeness (QED) is 0.696. The number of amides is 2. The van der Waals surface area contributed by atoms with Crippen LogP contribution in [0, 0.1) is 5.92 Å². The third kappa shape index (κ3) is 7.62. The molecule has 0 saturated heterocycles. The average molecular weight is 186 g/mol. The van der Waals surface area contributed by atoms with E-state index in [1.807, 2.05) is 20.8 Å². The van der Waals surface area contributed by atoms with E-state index in [1.54, 1.807) is 0 Å². The van der Waals surface area contributed by atoms with Gasteiger partial charge in [0.15, 0.2) is 0 Å². The fourth-order valence-electron chi connectivity index (χ4n) is 0.796. The molecule has 0 aromatic rings. The van der Waals surface area contributed by atoms with E-state index in [-0.39, 0.29) is 11.6 Å². The van der Waals surface area contributed by atoms with E-state index in [1.165, 1.54) is 0 Å². The molecule has 2 N–H and O–H groups in total. The Morgan fingerprint density at radius 1 is 1.38 bits per heavy atom. The van der Waals surface area contributed by atoms with Crippen molar-refractivity contribution in [2.75, 3.05) is 6.54 Å². The highest BCUT2D eigenvalue weighted by molar-refractivity contribution is 5.74. The molecule has 78 valence electrons. The van der Waals surface area contributed by atoms with Gasteiger partial charge in [-0.05, 0) is 26.7 Å². The van der Waals surface area contributed by atoms with Crippen molar-refractivity contribution in [2.45, 2.75) is 46.6 Å². The first-order chi connectivity index (χ1) is 5.85. The highest BCUT2D eigenvalue weighted by Crippen LogP contribution is 1.99. The molecule has 2 amide bonds. The first-order valence-corrected chi connectivity index (χ1v) is 4.91. The lowest BCUT2D eigenvalue weighted by Crippen LogP contribution is -2.47. The zero-order chi connectivity index (χ0) is 10.5. The molecule has 0 aliphatic carbocycles. The molecule has 1 unspecified atom stereocenters. The SMILES string of the molecule is CCC(C)CNC(=O)NC(C)(C)C. The van der Waals surface area contributed by atoms with Crippen LogP contribution in [0.5, 0.6) is 0 Å². The van der Waals surface area contributed by atoms with Crippen LogP contribution < -0.4 is 10.6 Å². The number of nitrogens with one attached hydrogen (secondary N) is 2. The molecule has 0 aliphatic rings. The second-order valence-electron chi connectivity index (χ2n) is 4.60. The highest BCUT2D eigenvalue weighted by Gasteiger charge is 2.13. The van der Waals surface area contributed by atoms with Gasteiger partial charge < -0.3 is 10.6 Å². The van der Waals surface area contributed by atoms with Crippen LogP contribution in [0.4, 0.5) is 4.79 Å². The summed E-state index contributed by atoms with van der Waals surface area (Å²) in [6.07, 6.45) is 1.09. The summed E-state index contributed by atoms with van der Waals surface area (Å²) in [6, 6.07) is -0.0761. The maximum atomic E-state index is 11.3. The van der Waals surface area contributed by atoms with Crippen molar-refractivity contribution in [1.29, 1.82) is 0 Å². The van der Waals surface area contributed by atoms with Gasteiger partial charge in [-0.1, -0.05) is 20.3 Å². The zero-order valence-electron chi connectivity index (χ0n) is 9.40. The van der Waals surface area contributed by atoms with E-state index in [0.29, 0.717) is 5.92 Å². The van der Waals surface area contributed by atoms with E-state index in [4.69, 9.17) is 0 Å². The van der Waals surface area contributed by atoms with Crippen LogP contribution in [-0.4, -0.2) is 18.1 Å². The molecule has 3 heteroatoms. The molecule has 0 saturated carbocycles. The maximum Gasteiger partial charge on any atom is 0.315 e. The fraction of sp³-hybridized carbons (Fsp3) is 0.900. The van der Waals surface area contributed by atoms with Gasteiger partial charge in [-0.2, -0.15) is 0 Å². The number of urea groups is 1.